The number of hydrogen-bond acceptors (Lipinski definition) is 5. The molecule has 7 heteroatoms. The number of hydrogen-bond donors (Lipinski definition) is 1. The van der Waals surface area contributed by atoms with Crippen molar-refractivity contribution in [3.63, 3.8) is 0 Å². The molecule has 180 valence electrons. The summed E-state index contributed by atoms with van der Waals surface area (Å²) >= 11 is 0. The minimum absolute atomic E-state index is 0.0207. The van der Waals surface area contributed by atoms with Gasteiger partial charge in [0, 0.05) is 34.8 Å². The smallest absolute Gasteiger partial charge is 0.345 e. The molecule has 1 N–H and O–H groups in total. The van der Waals surface area contributed by atoms with Gasteiger partial charge in [-0.05, 0) is 66.6 Å². The molecule has 1 aliphatic heterocycles. The number of fused-ring (bicyclic) bond motifs is 2. The molecule has 0 spiro atoms. The first-order chi connectivity index (χ1) is 18.0. The Morgan fingerprint density at radius 3 is 2.62 bits per heavy atom. The van der Waals surface area contributed by atoms with Crippen molar-refractivity contribution in [2.24, 2.45) is 0 Å². The number of aryl methyl sites for hydroxylation is 1. The highest BCUT2D eigenvalue weighted by molar-refractivity contribution is 6.08. The van der Waals surface area contributed by atoms with Crippen LogP contribution in [0.25, 0.3) is 34.0 Å². The van der Waals surface area contributed by atoms with Crippen LogP contribution in [-0.2, 0) is 11.2 Å². The summed E-state index contributed by atoms with van der Waals surface area (Å²) in [7, 11) is 0. The summed E-state index contributed by atoms with van der Waals surface area (Å²) in [6, 6.07) is 23.8. The number of rotatable bonds is 5. The molecular weight excluding hydrogens is 466 g/mol. The Labute approximate surface area is 211 Å². The predicted octanol–water partition coefficient (Wildman–Crippen LogP) is 5.43. The molecule has 0 unspecified atom stereocenters. The van der Waals surface area contributed by atoms with Gasteiger partial charge in [-0.3, -0.25) is 9.59 Å². The lowest BCUT2D eigenvalue weighted by atomic mass is 9.98. The Bertz CT molecular complexity index is 1760. The zero-order valence-electron chi connectivity index (χ0n) is 19.7. The average Bonchev–Trinajstić information content (AvgIpc) is 3.35. The predicted molar refractivity (Wildman–Crippen MR) is 142 cm³/mol. The van der Waals surface area contributed by atoms with Crippen LogP contribution in [0.2, 0.25) is 0 Å². The van der Waals surface area contributed by atoms with Gasteiger partial charge in [-0.15, -0.1) is 0 Å². The third-order valence-corrected chi connectivity index (χ3v) is 6.36. The van der Waals surface area contributed by atoms with Gasteiger partial charge in [-0.2, -0.15) is 5.10 Å². The van der Waals surface area contributed by atoms with Gasteiger partial charge in [0.25, 0.3) is 0 Å². The molecule has 6 rings (SSSR count). The van der Waals surface area contributed by atoms with Crippen LogP contribution in [0.4, 0.5) is 5.69 Å². The lowest BCUT2D eigenvalue weighted by molar-refractivity contribution is -0.116. The van der Waals surface area contributed by atoms with Gasteiger partial charge in [-0.1, -0.05) is 36.4 Å². The molecule has 0 aliphatic carbocycles. The van der Waals surface area contributed by atoms with E-state index in [0.717, 1.165) is 22.3 Å². The number of aromatic nitrogens is 2. The maximum atomic E-state index is 13.1. The quantitative estimate of drug-likeness (QED) is 0.203. The van der Waals surface area contributed by atoms with Crippen LogP contribution < -0.4 is 10.9 Å². The molecule has 0 fully saturated rings. The number of anilines is 1. The van der Waals surface area contributed by atoms with E-state index in [1.54, 1.807) is 41.2 Å². The summed E-state index contributed by atoms with van der Waals surface area (Å²) in [5, 5.41) is 8.29. The summed E-state index contributed by atoms with van der Waals surface area (Å²) in [6.45, 7) is 0. The fourth-order valence-electron chi connectivity index (χ4n) is 4.46. The standard InChI is InChI=1S/C30H21N3O4/c34-26(20-10-13-25-19(16-20)12-15-28(35)31-25)14-11-22-18-33(23-7-2-1-3-8-23)32-29(22)24-17-21-6-4-5-9-27(21)37-30(24)36/h1-11,13-14,16-18H,12,15H2,(H,31,35)/b14-11+. The second-order valence-corrected chi connectivity index (χ2v) is 8.82. The lowest BCUT2D eigenvalue weighted by Crippen LogP contribution is -2.19. The summed E-state index contributed by atoms with van der Waals surface area (Å²) in [5.41, 5.74) is 4.33. The molecule has 1 amide bonds. The van der Waals surface area contributed by atoms with Crippen molar-refractivity contribution in [2.75, 3.05) is 5.32 Å². The first-order valence-corrected chi connectivity index (χ1v) is 11.9. The van der Waals surface area contributed by atoms with Crippen LogP contribution in [0.3, 0.4) is 0 Å². The van der Waals surface area contributed by atoms with Crippen molar-refractivity contribution in [1.29, 1.82) is 0 Å². The van der Waals surface area contributed by atoms with Gasteiger partial charge in [-0.25, -0.2) is 9.48 Å². The molecule has 0 atom stereocenters. The Balaban J connectivity index is 1.40. The van der Waals surface area contributed by atoms with Crippen LogP contribution in [-0.4, -0.2) is 21.5 Å². The summed E-state index contributed by atoms with van der Waals surface area (Å²) < 4.78 is 7.22. The highest BCUT2D eigenvalue weighted by Crippen LogP contribution is 2.27. The molecule has 3 heterocycles. The van der Waals surface area contributed by atoms with E-state index >= 15 is 0 Å². The first-order valence-electron chi connectivity index (χ1n) is 11.9. The van der Waals surface area contributed by atoms with E-state index in [9.17, 15) is 14.4 Å². The second-order valence-electron chi connectivity index (χ2n) is 8.82. The van der Waals surface area contributed by atoms with E-state index in [0.29, 0.717) is 40.8 Å². The number of carbonyl (C=O) groups excluding carboxylic acids is 2. The molecule has 3 aromatic carbocycles. The van der Waals surface area contributed by atoms with Gasteiger partial charge < -0.3 is 9.73 Å². The van der Waals surface area contributed by atoms with Crippen molar-refractivity contribution >= 4 is 34.4 Å². The third-order valence-electron chi connectivity index (χ3n) is 6.36. The summed E-state index contributed by atoms with van der Waals surface area (Å²) in [5.74, 6) is -0.212. The molecule has 2 aromatic heterocycles. The number of para-hydroxylation sites is 2. The summed E-state index contributed by atoms with van der Waals surface area (Å²) in [4.78, 5) is 37.6. The van der Waals surface area contributed by atoms with Crippen molar-refractivity contribution in [3.8, 4) is 16.9 Å². The first kappa shape index (κ1) is 22.4. The van der Waals surface area contributed by atoms with Crippen molar-refractivity contribution in [2.45, 2.75) is 12.8 Å². The third kappa shape index (κ3) is 4.38. The zero-order chi connectivity index (χ0) is 25.4. The van der Waals surface area contributed by atoms with E-state index in [1.165, 1.54) is 6.08 Å². The second kappa shape index (κ2) is 9.20. The number of nitrogens with one attached hydrogen (secondary N) is 1. The Hall–Kier alpha value is -5.04. The number of benzene rings is 3. The largest absolute Gasteiger partial charge is 0.422 e. The maximum absolute atomic E-state index is 13.1. The fourth-order valence-corrected chi connectivity index (χ4v) is 4.46. The number of allylic oxidation sites excluding steroid dienone is 1. The maximum Gasteiger partial charge on any atom is 0.345 e. The van der Waals surface area contributed by atoms with Gasteiger partial charge in [0.15, 0.2) is 5.78 Å². The molecule has 0 bridgehead atoms. The topological polar surface area (TPSA) is 94.2 Å². The monoisotopic (exact) mass is 487 g/mol. The number of carbonyl (C=O) groups is 2. The molecule has 0 saturated heterocycles. The average molecular weight is 488 g/mol. The van der Waals surface area contributed by atoms with E-state index in [2.05, 4.69) is 10.4 Å². The molecular formula is C30H21N3O4. The van der Waals surface area contributed by atoms with E-state index in [4.69, 9.17) is 4.42 Å². The molecule has 0 saturated carbocycles. The van der Waals surface area contributed by atoms with Crippen LogP contribution in [0.1, 0.15) is 27.9 Å². The molecule has 1 aliphatic rings. The number of ketones is 1. The van der Waals surface area contributed by atoms with Gasteiger partial charge in [0.05, 0.1) is 11.3 Å². The molecule has 37 heavy (non-hydrogen) atoms. The highest BCUT2D eigenvalue weighted by atomic mass is 16.4. The van der Waals surface area contributed by atoms with Crippen molar-refractivity contribution in [1.82, 2.24) is 9.78 Å². The number of nitrogens with zero attached hydrogens (tertiary/aromatic N) is 2. The van der Waals surface area contributed by atoms with Crippen LogP contribution in [0.5, 0.6) is 0 Å². The zero-order valence-corrected chi connectivity index (χ0v) is 19.7. The minimum atomic E-state index is -0.505. The van der Waals surface area contributed by atoms with Crippen molar-refractivity contribution < 1.29 is 14.0 Å². The molecule has 5 aromatic rings. The normalized spacial score (nSPS) is 13.0. The van der Waals surface area contributed by atoms with Crippen LogP contribution in [0, 0.1) is 0 Å². The molecule has 0 radical (unpaired) electrons. The Morgan fingerprint density at radius 2 is 1.76 bits per heavy atom. The summed E-state index contributed by atoms with van der Waals surface area (Å²) in [6.07, 6.45) is 5.92. The SMILES string of the molecule is O=C1CCc2cc(C(=O)/C=C/c3cn(-c4ccccc4)nc3-c3cc4ccccc4oc3=O)ccc2N1. The van der Waals surface area contributed by atoms with E-state index in [-0.39, 0.29) is 11.7 Å². The fraction of sp³-hybridized carbons (Fsp3) is 0.0667. The van der Waals surface area contributed by atoms with Crippen LogP contribution >= 0.6 is 0 Å². The van der Waals surface area contributed by atoms with Gasteiger partial charge in [0.2, 0.25) is 5.91 Å². The minimum Gasteiger partial charge on any atom is -0.422 e. The Kier molecular flexibility index (Phi) is 5.58. The Morgan fingerprint density at radius 1 is 0.946 bits per heavy atom. The van der Waals surface area contributed by atoms with Gasteiger partial charge in [0.1, 0.15) is 11.3 Å². The lowest BCUT2D eigenvalue weighted by Gasteiger charge is -2.16. The van der Waals surface area contributed by atoms with E-state index < -0.39 is 5.63 Å². The van der Waals surface area contributed by atoms with Crippen molar-refractivity contribution in [3.05, 3.63) is 118 Å². The number of amides is 1. The van der Waals surface area contributed by atoms with Gasteiger partial charge >= 0.3 is 5.63 Å². The highest BCUT2D eigenvalue weighted by Gasteiger charge is 2.18. The van der Waals surface area contributed by atoms with Crippen LogP contribution in [0.15, 0.2) is 100 Å². The molecule has 7 nitrogen and oxygen atoms in total. The van der Waals surface area contributed by atoms with E-state index in [1.807, 2.05) is 54.6 Å².